The Labute approximate surface area is 85.1 Å². The molecule has 3 rings (SSSR count). The minimum Gasteiger partial charge on any atom is -0.373 e. The molecule has 0 radical (unpaired) electrons. The Kier molecular flexibility index (Phi) is 2.06. The molecule has 1 aromatic rings. The molecule has 2 fully saturated rings. The van der Waals surface area contributed by atoms with Gasteiger partial charge in [-0.3, -0.25) is 0 Å². The molecule has 2 aliphatic rings. The molecule has 1 aliphatic carbocycles. The van der Waals surface area contributed by atoms with E-state index in [1.54, 1.807) is 0 Å². The summed E-state index contributed by atoms with van der Waals surface area (Å²) in [7, 11) is 0. The van der Waals surface area contributed by atoms with Crippen LogP contribution in [-0.2, 0) is 4.74 Å². The molecule has 3 atom stereocenters. The van der Waals surface area contributed by atoms with E-state index in [0.717, 1.165) is 18.4 Å². The maximum absolute atomic E-state index is 5.91. The van der Waals surface area contributed by atoms with Crippen molar-refractivity contribution >= 4 is 0 Å². The SMILES string of the molecule is c1ccc([C@H]2OC[C@H]3CCC[C@H]32)cc1. The van der Waals surface area contributed by atoms with Crippen molar-refractivity contribution in [2.75, 3.05) is 6.61 Å². The van der Waals surface area contributed by atoms with Crippen LogP contribution in [0.4, 0.5) is 0 Å². The third kappa shape index (κ3) is 1.27. The first-order chi connectivity index (χ1) is 6.95. The second-order valence-electron chi connectivity index (χ2n) is 4.52. The van der Waals surface area contributed by atoms with Crippen LogP contribution < -0.4 is 0 Å². The van der Waals surface area contributed by atoms with E-state index in [-0.39, 0.29) is 0 Å². The second kappa shape index (κ2) is 3.39. The van der Waals surface area contributed by atoms with Gasteiger partial charge in [0.15, 0.2) is 0 Å². The van der Waals surface area contributed by atoms with Crippen molar-refractivity contribution in [3.63, 3.8) is 0 Å². The minimum atomic E-state index is 0.392. The highest BCUT2D eigenvalue weighted by molar-refractivity contribution is 5.20. The maximum Gasteiger partial charge on any atom is 0.0856 e. The number of hydrogen-bond donors (Lipinski definition) is 0. The van der Waals surface area contributed by atoms with Gasteiger partial charge in [-0.1, -0.05) is 36.8 Å². The molecule has 1 saturated heterocycles. The smallest absolute Gasteiger partial charge is 0.0856 e. The summed E-state index contributed by atoms with van der Waals surface area (Å²) in [5, 5.41) is 0. The number of fused-ring (bicyclic) bond motifs is 1. The maximum atomic E-state index is 5.91. The van der Waals surface area contributed by atoms with Crippen LogP contribution in [0.25, 0.3) is 0 Å². The molecule has 14 heavy (non-hydrogen) atoms. The molecule has 0 bridgehead atoms. The molecule has 0 spiro atoms. The Hall–Kier alpha value is -0.820. The van der Waals surface area contributed by atoms with E-state index < -0.39 is 0 Å². The van der Waals surface area contributed by atoms with Gasteiger partial charge in [0.25, 0.3) is 0 Å². The van der Waals surface area contributed by atoms with Crippen molar-refractivity contribution in [1.82, 2.24) is 0 Å². The van der Waals surface area contributed by atoms with Gasteiger partial charge in [-0.15, -0.1) is 0 Å². The molecule has 0 aromatic heterocycles. The van der Waals surface area contributed by atoms with Gasteiger partial charge >= 0.3 is 0 Å². The lowest BCUT2D eigenvalue weighted by Crippen LogP contribution is -2.08. The highest BCUT2D eigenvalue weighted by Gasteiger charge is 2.40. The van der Waals surface area contributed by atoms with Crippen molar-refractivity contribution in [2.24, 2.45) is 11.8 Å². The van der Waals surface area contributed by atoms with Crippen LogP contribution in [0.2, 0.25) is 0 Å². The Bertz CT molecular complexity index is 306. The van der Waals surface area contributed by atoms with E-state index in [1.807, 2.05) is 0 Å². The summed E-state index contributed by atoms with van der Waals surface area (Å²) in [5.41, 5.74) is 1.38. The minimum absolute atomic E-state index is 0.392. The van der Waals surface area contributed by atoms with Crippen molar-refractivity contribution in [3.05, 3.63) is 35.9 Å². The lowest BCUT2D eigenvalue weighted by atomic mass is 9.90. The van der Waals surface area contributed by atoms with E-state index in [1.165, 1.54) is 24.8 Å². The summed E-state index contributed by atoms with van der Waals surface area (Å²) in [6.07, 6.45) is 4.55. The molecule has 74 valence electrons. The second-order valence-corrected chi connectivity index (χ2v) is 4.52. The fraction of sp³-hybridized carbons (Fsp3) is 0.538. The molecule has 1 heterocycles. The van der Waals surface area contributed by atoms with E-state index in [0.29, 0.717) is 6.10 Å². The standard InChI is InChI=1S/C13H16O/c1-2-5-10(6-3-1)13-12-8-4-7-11(12)9-14-13/h1-3,5-6,11-13H,4,7-9H2/t11-,12-,13-/m1/s1. The van der Waals surface area contributed by atoms with E-state index in [4.69, 9.17) is 4.74 Å². The van der Waals surface area contributed by atoms with Gasteiger partial charge in [0.05, 0.1) is 12.7 Å². The van der Waals surface area contributed by atoms with Crippen molar-refractivity contribution in [3.8, 4) is 0 Å². The number of hydrogen-bond acceptors (Lipinski definition) is 1. The van der Waals surface area contributed by atoms with Gasteiger partial charge < -0.3 is 4.74 Å². The number of benzene rings is 1. The van der Waals surface area contributed by atoms with Gasteiger partial charge in [0.2, 0.25) is 0 Å². The molecule has 1 heteroatoms. The summed E-state index contributed by atoms with van der Waals surface area (Å²) >= 11 is 0. The van der Waals surface area contributed by atoms with E-state index in [9.17, 15) is 0 Å². The topological polar surface area (TPSA) is 9.23 Å². The lowest BCUT2D eigenvalue weighted by Gasteiger charge is -2.16. The Balaban J connectivity index is 1.86. The van der Waals surface area contributed by atoms with Gasteiger partial charge in [-0.2, -0.15) is 0 Å². The first-order valence-corrected chi connectivity index (χ1v) is 5.62. The highest BCUT2D eigenvalue weighted by atomic mass is 16.5. The molecule has 1 saturated carbocycles. The zero-order valence-electron chi connectivity index (χ0n) is 8.36. The quantitative estimate of drug-likeness (QED) is 0.657. The van der Waals surface area contributed by atoms with Gasteiger partial charge in [0.1, 0.15) is 0 Å². The number of ether oxygens (including phenoxy) is 1. The fourth-order valence-corrected chi connectivity index (χ4v) is 3.01. The van der Waals surface area contributed by atoms with Crippen LogP contribution in [0.15, 0.2) is 30.3 Å². The van der Waals surface area contributed by atoms with E-state index in [2.05, 4.69) is 30.3 Å². The van der Waals surface area contributed by atoms with Crippen LogP contribution in [0.5, 0.6) is 0 Å². The fourth-order valence-electron chi connectivity index (χ4n) is 3.01. The molecular weight excluding hydrogens is 172 g/mol. The van der Waals surface area contributed by atoms with Gasteiger partial charge in [-0.05, 0) is 30.2 Å². The molecule has 0 unspecified atom stereocenters. The summed E-state index contributed by atoms with van der Waals surface area (Å²) in [5.74, 6) is 1.65. The summed E-state index contributed by atoms with van der Waals surface area (Å²) < 4.78 is 5.91. The zero-order valence-corrected chi connectivity index (χ0v) is 8.36. The first kappa shape index (κ1) is 8.49. The first-order valence-electron chi connectivity index (χ1n) is 5.62. The number of rotatable bonds is 1. The molecular formula is C13H16O. The van der Waals surface area contributed by atoms with Crippen molar-refractivity contribution in [1.29, 1.82) is 0 Å². The molecule has 0 N–H and O–H groups in total. The monoisotopic (exact) mass is 188 g/mol. The van der Waals surface area contributed by atoms with Crippen LogP contribution >= 0.6 is 0 Å². The van der Waals surface area contributed by atoms with E-state index >= 15 is 0 Å². The van der Waals surface area contributed by atoms with Crippen LogP contribution in [-0.4, -0.2) is 6.61 Å². The summed E-state index contributed by atoms with van der Waals surface area (Å²) in [6, 6.07) is 10.7. The highest BCUT2D eigenvalue weighted by Crippen LogP contribution is 2.47. The molecule has 1 aromatic carbocycles. The zero-order chi connectivity index (χ0) is 9.38. The average molecular weight is 188 g/mol. The third-order valence-corrected chi connectivity index (χ3v) is 3.72. The lowest BCUT2D eigenvalue weighted by molar-refractivity contribution is 0.0856. The summed E-state index contributed by atoms with van der Waals surface area (Å²) in [4.78, 5) is 0. The van der Waals surface area contributed by atoms with Crippen LogP contribution in [0.3, 0.4) is 0 Å². The predicted octanol–water partition coefficient (Wildman–Crippen LogP) is 3.17. The largest absolute Gasteiger partial charge is 0.373 e. The van der Waals surface area contributed by atoms with Crippen molar-refractivity contribution < 1.29 is 4.74 Å². The molecule has 1 nitrogen and oxygen atoms in total. The van der Waals surface area contributed by atoms with Gasteiger partial charge in [-0.25, -0.2) is 0 Å². The van der Waals surface area contributed by atoms with Gasteiger partial charge in [0, 0.05) is 0 Å². The normalized spacial score (nSPS) is 35.9. The van der Waals surface area contributed by atoms with Crippen molar-refractivity contribution in [2.45, 2.75) is 25.4 Å². The Morgan fingerprint density at radius 3 is 2.79 bits per heavy atom. The van der Waals surface area contributed by atoms with Crippen LogP contribution in [0, 0.1) is 11.8 Å². The predicted molar refractivity (Wildman–Crippen MR) is 56.0 cm³/mol. The third-order valence-electron chi connectivity index (χ3n) is 3.72. The molecule has 0 amide bonds. The molecule has 1 aliphatic heterocycles. The van der Waals surface area contributed by atoms with Crippen LogP contribution in [0.1, 0.15) is 30.9 Å². The Morgan fingerprint density at radius 2 is 1.93 bits per heavy atom. The Morgan fingerprint density at radius 1 is 1.07 bits per heavy atom. The summed E-state index contributed by atoms with van der Waals surface area (Å²) in [6.45, 7) is 0.990. The average Bonchev–Trinajstić information content (AvgIpc) is 2.79.